The van der Waals surface area contributed by atoms with Gasteiger partial charge in [0.1, 0.15) is 0 Å². The van der Waals surface area contributed by atoms with Crippen LogP contribution in [-0.2, 0) is 14.3 Å². The zero-order chi connectivity index (χ0) is 41.5. The highest BCUT2D eigenvalue weighted by Gasteiger charge is 2.20. The van der Waals surface area contributed by atoms with Crippen molar-refractivity contribution in [2.75, 3.05) is 13.2 Å². The van der Waals surface area contributed by atoms with Gasteiger partial charge in [0.2, 0.25) is 5.91 Å². The number of ether oxygens (including phenoxy) is 1. The number of amides is 1. The molecule has 2 unspecified atom stereocenters. The summed E-state index contributed by atoms with van der Waals surface area (Å²) in [7, 11) is 0. The van der Waals surface area contributed by atoms with E-state index in [1.807, 2.05) is 0 Å². The lowest BCUT2D eigenvalue weighted by atomic mass is 10.0. The summed E-state index contributed by atoms with van der Waals surface area (Å²) in [4.78, 5) is 24.4. The van der Waals surface area contributed by atoms with E-state index in [1.54, 1.807) is 0 Å². The Hall–Kier alpha value is -1.14. The van der Waals surface area contributed by atoms with Crippen LogP contribution in [0.1, 0.15) is 290 Å². The quantitative estimate of drug-likeness (QED) is 0.0420. The smallest absolute Gasteiger partial charge is 0.305 e. The van der Waals surface area contributed by atoms with Crippen molar-refractivity contribution in [3.05, 3.63) is 0 Å². The molecule has 340 valence electrons. The van der Waals surface area contributed by atoms with Crippen LogP contribution in [0.2, 0.25) is 0 Å². The topological polar surface area (TPSA) is 95.9 Å². The second-order valence-electron chi connectivity index (χ2n) is 17.9. The van der Waals surface area contributed by atoms with Crippen molar-refractivity contribution in [2.45, 2.75) is 302 Å². The normalized spacial score (nSPS) is 12.6. The number of rotatable bonds is 48. The highest BCUT2D eigenvalue weighted by Crippen LogP contribution is 2.17. The first-order chi connectivity index (χ1) is 28.0. The van der Waals surface area contributed by atoms with Gasteiger partial charge in [-0.3, -0.25) is 9.59 Å². The standard InChI is InChI=1S/C51H101NO5/c1-3-5-7-9-11-13-15-17-21-25-29-33-37-41-45-51(56)57-46-42-38-34-30-26-22-19-18-20-24-28-32-36-40-44-50(55)52-48(47-53)49(54)43-39-35-31-27-23-16-14-12-10-8-6-4-2/h48-49,53-54H,3-47H2,1-2H3,(H,52,55). The molecule has 6 heteroatoms. The maximum atomic E-state index is 12.4. The molecule has 0 bridgehead atoms. The van der Waals surface area contributed by atoms with E-state index < -0.39 is 12.1 Å². The number of esters is 1. The van der Waals surface area contributed by atoms with Gasteiger partial charge in [0.05, 0.1) is 25.4 Å². The van der Waals surface area contributed by atoms with Gasteiger partial charge in [-0.15, -0.1) is 0 Å². The molecule has 0 saturated heterocycles. The van der Waals surface area contributed by atoms with Crippen molar-refractivity contribution < 1.29 is 24.5 Å². The van der Waals surface area contributed by atoms with Crippen molar-refractivity contribution in [2.24, 2.45) is 0 Å². The van der Waals surface area contributed by atoms with Crippen molar-refractivity contribution in [1.29, 1.82) is 0 Å². The second kappa shape index (κ2) is 47.5. The van der Waals surface area contributed by atoms with Gasteiger partial charge in [-0.2, -0.15) is 0 Å². The SMILES string of the molecule is CCCCCCCCCCCCCCCCC(=O)OCCCCCCCCCCCCCCCCC(=O)NC(CO)C(O)CCCCCCCCCCCCCC. The molecule has 0 aliphatic heterocycles. The number of nitrogens with one attached hydrogen (secondary N) is 1. The number of aliphatic hydroxyl groups excluding tert-OH is 2. The lowest BCUT2D eigenvalue weighted by molar-refractivity contribution is -0.143. The number of carbonyl (C=O) groups is 2. The molecular weight excluding hydrogens is 707 g/mol. The van der Waals surface area contributed by atoms with Crippen molar-refractivity contribution >= 4 is 11.9 Å². The fourth-order valence-electron chi connectivity index (χ4n) is 8.17. The lowest BCUT2D eigenvalue weighted by Gasteiger charge is -2.22. The molecule has 0 spiro atoms. The zero-order valence-electron chi connectivity index (χ0n) is 38.6. The van der Waals surface area contributed by atoms with E-state index in [0.29, 0.717) is 25.9 Å². The highest BCUT2D eigenvalue weighted by molar-refractivity contribution is 5.76. The molecule has 57 heavy (non-hydrogen) atoms. The van der Waals surface area contributed by atoms with Crippen LogP contribution in [0.25, 0.3) is 0 Å². The van der Waals surface area contributed by atoms with Gasteiger partial charge >= 0.3 is 5.97 Å². The molecule has 0 heterocycles. The van der Waals surface area contributed by atoms with Gasteiger partial charge in [-0.25, -0.2) is 0 Å². The average Bonchev–Trinajstić information content (AvgIpc) is 3.21. The third-order valence-corrected chi connectivity index (χ3v) is 12.2. The van der Waals surface area contributed by atoms with E-state index >= 15 is 0 Å². The summed E-state index contributed by atoms with van der Waals surface area (Å²) in [5.41, 5.74) is 0. The summed E-state index contributed by atoms with van der Waals surface area (Å²) in [5, 5.41) is 23.2. The minimum Gasteiger partial charge on any atom is -0.466 e. The van der Waals surface area contributed by atoms with E-state index in [2.05, 4.69) is 19.2 Å². The molecule has 2 atom stereocenters. The third kappa shape index (κ3) is 44.2. The van der Waals surface area contributed by atoms with Crippen LogP contribution in [0.5, 0.6) is 0 Å². The maximum absolute atomic E-state index is 12.4. The van der Waals surface area contributed by atoms with Crippen LogP contribution < -0.4 is 5.32 Å². The number of carbonyl (C=O) groups excluding carboxylic acids is 2. The van der Waals surface area contributed by atoms with Crippen LogP contribution in [0.3, 0.4) is 0 Å². The van der Waals surface area contributed by atoms with Gasteiger partial charge in [-0.05, 0) is 25.7 Å². The predicted octanol–water partition coefficient (Wildman–Crippen LogP) is 15.2. The molecule has 3 N–H and O–H groups in total. The number of aliphatic hydroxyl groups is 2. The Bertz CT molecular complexity index is 806. The van der Waals surface area contributed by atoms with Crippen molar-refractivity contribution in [1.82, 2.24) is 5.32 Å². The van der Waals surface area contributed by atoms with E-state index in [9.17, 15) is 19.8 Å². The number of hydrogen-bond acceptors (Lipinski definition) is 5. The van der Waals surface area contributed by atoms with Crippen LogP contribution in [0, 0.1) is 0 Å². The summed E-state index contributed by atoms with van der Waals surface area (Å²) in [6.45, 7) is 4.94. The Balaban J connectivity index is 3.41. The molecule has 0 saturated carbocycles. The molecule has 0 rings (SSSR count). The third-order valence-electron chi connectivity index (χ3n) is 12.2. The second-order valence-corrected chi connectivity index (χ2v) is 17.9. The van der Waals surface area contributed by atoms with Crippen LogP contribution >= 0.6 is 0 Å². The first-order valence-electron chi connectivity index (χ1n) is 25.8. The summed E-state index contributed by atoms with van der Waals surface area (Å²) in [5.74, 6) is -0.0441. The first-order valence-corrected chi connectivity index (χ1v) is 25.8. The molecule has 0 aromatic rings. The molecule has 0 radical (unpaired) electrons. The number of hydrogen-bond donors (Lipinski definition) is 3. The molecule has 0 aromatic carbocycles. The zero-order valence-corrected chi connectivity index (χ0v) is 38.6. The largest absolute Gasteiger partial charge is 0.466 e. The molecule has 0 aromatic heterocycles. The molecule has 0 aliphatic carbocycles. The number of unbranched alkanes of at least 4 members (excludes halogenated alkanes) is 37. The van der Waals surface area contributed by atoms with E-state index in [-0.39, 0.29) is 18.5 Å². The molecular formula is C51H101NO5. The molecule has 0 fully saturated rings. The minimum atomic E-state index is -0.668. The maximum Gasteiger partial charge on any atom is 0.305 e. The van der Waals surface area contributed by atoms with Crippen LogP contribution in [0.4, 0.5) is 0 Å². The summed E-state index contributed by atoms with van der Waals surface area (Å²) in [6.07, 6.45) is 52.1. The van der Waals surface area contributed by atoms with Gasteiger partial charge in [0.15, 0.2) is 0 Å². The van der Waals surface area contributed by atoms with Crippen molar-refractivity contribution in [3.63, 3.8) is 0 Å². The minimum absolute atomic E-state index is 0.000497. The molecule has 1 amide bonds. The van der Waals surface area contributed by atoms with Crippen molar-refractivity contribution in [3.8, 4) is 0 Å². The Morgan fingerprint density at radius 2 is 0.719 bits per heavy atom. The van der Waals surface area contributed by atoms with Gasteiger partial charge in [0.25, 0.3) is 0 Å². The fourth-order valence-corrected chi connectivity index (χ4v) is 8.17. The predicted molar refractivity (Wildman–Crippen MR) is 246 cm³/mol. The first kappa shape index (κ1) is 55.9. The fraction of sp³-hybridized carbons (Fsp3) is 0.961. The molecule has 0 aliphatic rings. The Kier molecular flexibility index (Phi) is 46.6. The average molecular weight is 808 g/mol. The summed E-state index contributed by atoms with van der Waals surface area (Å²) < 4.78 is 5.46. The van der Waals surface area contributed by atoms with E-state index in [0.717, 1.165) is 51.4 Å². The Morgan fingerprint density at radius 3 is 1.07 bits per heavy atom. The van der Waals surface area contributed by atoms with Crippen LogP contribution in [0.15, 0.2) is 0 Å². The molecule has 6 nitrogen and oxygen atoms in total. The van der Waals surface area contributed by atoms with Crippen LogP contribution in [-0.4, -0.2) is 47.4 Å². The monoisotopic (exact) mass is 808 g/mol. The lowest BCUT2D eigenvalue weighted by Crippen LogP contribution is -2.45. The Labute approximate surface area is 356 Å². The highest BCUT2D eigenvalue weighted by atomic mass is 16.5. The summed E-state index contributed by atoms with van der Waals surface area (Å²) in [6, 6.07) is -0.546. The van der Waals surface area contributed by atoms with Gasteiger partial charge < -0.3 is 20.3 Å². The van der Waals surface area contributed by atoms with E-state index in [1.165, 1.54) is 205 Å². The van der Waals surface area contributed by atoms with Gasteiger partial charge in [-0.1, -0.05) is 251 Å². The Morgan fingerprint density at radius 1 is 0.421 bits per heavy atom. The van der Waals surface area contributed by atoms with E-state index in [4.69, 9.17) is 4.74 Å². The summed E-state index contributed by atoms with van der Waals surface area (Å²) >= 11 is 0. The van der Waals surface area contributed by atoms with Gasteiger partial charge in [0, 0.05) is 12.8 Å².